The third-order valence-electron chi connectivity index (χ3n) is 5.36. The number of amides is 3. The van der Waals surface area contributed by atoms with Gasteiger partial charge in [0.25, 0.3) is 15.6 Å². The summed E-state index contributed by atoms with van der Waals surface area (Å²) in [6, 6.07) is -0.956. The predicted molar refractivity (Wildman–Crippen MR) is 101 cm³/mol. The maximum absolute atomic E-state index is 12.0. The smallest absolute Gasteiger partial charge is 0.756 e. The molecule has 6 N–H and O–H groups in total. The number of phosphoric acid groups is 2. The van der Waals surface area contributed by atoms with E-state index in [1.807, 2.05) is 5.32 Å². The molecule has 212 valence electrons. The van der Waals surface area contributed by atoms with Crippen molar-refractivity contribution in [1.82, 2.24) is 10.2 Å². The molecule has 40 heavy (non-hydrogen) atoms. The van der Waals surface area contributed by atoms with Crippen LogP contribution in [0.15, 0.2) is 0 Å². The number of phosphoric ester groups is 2. The first-order valence-corrected chi connectivity index (χ1v) is 13.1. The molecule has 0 aromatic rings. The molecule has 0 spiro atoms. The molecule has 3 amide bonds. The van der Waals surface area contributed by atoms with Crippen molar-refractivity contribution in [3.05, 3.63) is 0 Å². The van der Waals surface area contributed by atoms with Gasteiger partial charge >= 0.3 is 94.7 Å². The molecular weight excluding hydrogens is 627 g/mol. The molecule has 0 aromatic carbocycles. The zero-order chi connectivity index (χ0) is 27.9. The van der Waals surface area contributed by atoms with Gasteiger partial charge in [-0.05, 0) is 0 Å². The summed E-state index contributed by atoms with van der Waals surface area (Å²) in [5.74, 6) is -2.73. The SMILES string of the molecule is O=C1CCN(C2OC(COP(=O)([O-])OP(=O)([O-])OC3OC(C(=O)[O-])C(O)C(O)C3O)C(O)C2O)C(=O)N1.[Na+].[Na+].[Na+]. The molecule has 20 nitrogen and oxygen atoms in total. The van der Waals surface area contributed by atoms with Crippen molar-refractivity contribution in [3.8, 4) is 0 Å². The molecule has 3 fully saturated rings. The van der Waals surface area contributed by atoms with Crippen LogP contribution in [0.1, 0.15) is 6.42 Å². The molecule has 0 aromatic heterocycles. The number of carbonyl (C=O) groups is 3. The second-order valence-electron chi connectivity index (χ2n) is 7.94. The van der Waals surface area contributed by atoms with Gasteiger partial charge in [-0.1, -0.05) is 0 Å². The number of aliphatic carboxylic acids is 1. The summed E-state index contributed by atoms with van der Waals surface area (Å²) in [7, 11) is -11.9. The van der Waals surface area contributed by atoms with Gasteiger partial charge in [0, 0.05) is 13.0 Å². The summed E-state index contributed by atoms with van der Waals surface area (Å²) in [5, 5.41) is 62.0. The summed E-state index contributed by atoms with van der Waals surface area (Å²) < 4.78 is 45.9. The van der Waals surface area contributed by atoms with Gasteiger partial charge in [0.05, 0.1) is 12.6 Å². The number of carbonyl (C=O) groups excluding carboxylic acids is 3. The Morgan fingerprint density at radius 3 is 2.10 bits per heavy atom. The van der Waals surface area contributed by atoms with Crippen molar-refractivity contribution in [2.24, 2.45) is 0 Å². The monoisotopic (exact) mass is 648 g/mol. The Kier molecular flexibility index (Phi) is 17.2. The van der Waals surface area contributed by atoms with Gasteiger partial charge in [0.1, 0.15) is 42.7 Å². The molecule has 3 saturated heterocycles. The predicted octanol–water partition coefficient (Wildman–Crippen LogP) is -16.1. The van der Waals surface area contributed by atoms with Gasteiger partial charge in [0.15, 0.2) is 12.5 Å². The molecule has 3 rings (SSSR count). The zero-order valence-corrected chi connectivity index (χ0v) is 29.0. The third-order valence-corrected chi connectivity index (χ3v) is 7.89. The van der Waals surface area contributed by atoms with E-state index >= 15 is 0 Å². The van der Waals surface area contributed by atoms with Gasteiger partial charge in [-0.3, -0.25) is 28.7 Å². The maximum Gasteiger partial charge on any atom is 1.00 e. The van der Waals surface area contributed by atoms with Crippen molar-refractivity contribution >= 4 is 33.6 Å². The number of aliphatic hydroxyl groups is 5. The number of nitrogens with one attached hydrogen (secondary N) is 1. The standard InChI is InChI=1S/C15H24N2O18P2.3Na/c18-5-1-2-17(15(26)16-5)12-9(22)6(19)4(32-12)3-31-36(27,28)35-37(29,30)34-14-10(23)7(20)8(21)11(33-14)13(24)25;;;/h4,6-12,14,19-23H,1-3H2,(H,24,25)(H,27,28)(H,29,30)(H,16,18,26);;;/q;3*+1/p-3. The van der Waals surface area contributed by atoms with E-state index in [-0.39, 0.29) is 102 Å². The minimum atomic E-state index is -6.05. The zero-order valence-electron chi connectivity index (χ0n) is 21.2. The van der Waals surface area contributed by atoms with Crippen molar-refractivity contribution in [2.75, 3.05) is 13.2 Å². The first kappa shape index (κ1) is 41.4. The number of urea groups is 1. The Labute approximate surface area is 291 Å². The number of carboxylic acid groups (broad SMARTS) is 1. The topological polar surface area (TPSA) is 317 Å². The van der Waals surface area contributed by atoms with Gasteiger partial charge in [-0.25, -0.2) is 9.11 Å². The number of ether oxygens (including phenoxy) is 2. The molecule has 11 atom stereocenters. The largest absolute Gasteiger partial charge is 1.00 e. The average Bonchev–Trinajstić information content (AvgIpc) is 3.05. The molecule has 0 radical (unpaired) electrons. The first-order valence-electron chi connectivity index (χ1n) is 10.2. The molecule has 3 aliphatic rings. The summed E-state index contributed by atoms with van der Waals surface area (Å²) >= 11 is 0. The summed E-state index contributed by atoms with van der Waals surface area (Å²) in [4.78, 5) is 58.9. The Morgan fingerprint density at radius 2 is 1.55 bits per heavy atom. The van der Waals surface area contributed by atoms with E-state index in [4.69, 9.17) is 4.74 Å². The van der Waals surface area contributed by atoms with E-state index in [1.165, 1.54) is 0 Å². The minimum absolute atomic E-state index is 0. The number of aliphatic hydroxyl groups excluding tert-OH is 5. The van der Waals surface area contributed by atoms with E-state index in [0.29, 0.717) is 0 Å². The number of rotatable bonds is 9. The van der Waals surface area contributed by atoms with E-state index in [0.717, 1.165) is 4.90 Å². The Hall–Kier alpha value is 1.39. The van der Waals surface area contributed by atoms with Crippen LogP contribution in [0.2, 0.25) is 0 Å². The summed E-state index contributed by atoms with van der Waals surface area (Å²) in [5.41, 5.74) is 0. The Bertz CT molecular complexity index is 1010. The minimum Gasteiger partial charge on any atom is -0.756 e. The maximum atomic E-state index is 12.0. The van der Waals surface area contributed by atoms with Crippen LogP contribution in [0.5, 0.6) is 0 Å². The molecule has 0 saturated carbocycles. The van der Waals surface area contributed by atoms with Gasteiger partial charge in [0.2, 0.25) is 5.91 Å². The molecule has 3 aliphatic heterocycles. The summed E-state index contributed by atoms with van der Waals surface area (Å²) in [6.07, 6.45) is -18.8. The molecular formula is C15H21N2Na3O18P2. The van der Waals surface area contributed by atoms with Crippen LogP contribution in [-0.2, 0) is 41.6 Å². The van der Waals surface area contributed by atoms with Crippen molar-refractivity contribution in [2.45, 2.75) is 61.7 Å². The van der Waals surface area contributed by atoms with Crippen LogP contribution in [0.4, 0.5) is 4.79 Å². The molecule has 25 heteroatoms. The second-order valence-corrected chi connectivity index (χ2v) is 10.8. The molecule has 11 unspecified atom stereocenters. The number of imide groups is 1. The number of nitrogens with zero attached hydrogens (tertiary/aromatic N) is 1. The Morgan fingerprint density at radius 1 is 0.950 bits per heavy atom. The molecule has 3 heterocycles. The number of hydrogen-bond donors (Lipinski definition) is 6. The quantitative estimate of drug-likeness (QED) is 0.0998. The van der Waals surface area contributed by atoms with Crippen molar-refractivity contribution in [1.29, 1.82) is 0 Å². The van der Waals surface area contributed by atoms with Crippen LogP contribution in [0.25, 0.3) is 0 Å². The van der Waals surface area contributed by atoms with E-state index in [1.54, 1.807) is 0 Å². The summed E-state index contributed by atoms with van der Waals surface area (Å²) in [6.45, 7) is -1.35. The van der Waals surface area contributed by atoms with Crippen LogP contribution in [-0.4, -0.2) is 117 Å². The fourth-order valence-corrected chi connectivity index (χ4v) is 5.61. The van der Waals surface area contributed by atoms with Crippen LogP contribution in [0, 0.1) is 0 Å². The molecule has 0 bridgehead atoms. The van der Waals surface area contributed by atoms with E-state index in [2.05, 4.69) is 18.1 Å². The first-order chi connectivity index (χ1) is 17.0. The van der Waals surface area contributed by atoms with E-state index in [9.17, 15) is 63.9 Å². The van der Waals surface area contributed by atoms with Crippen molar-refractivity contribution < 1.29 is 175 Å². The van der Waals surface area contributed by atoms with Crippen LogP contribution in [0.3, 0.4) is 0 Å². The molecule has 0 aliphatic carbocycles. The number of carboxylic acids is 1. The van der Waals surface area contributed by atoms with Crippen molar-refractivity contribution in [3.63, 3.8) is 0 Å². The second kappa shape index (κ2) is 16.6. The average molecular weight is 648 g/mol. The van der Waals surface area contributed by atoms with Crippen LogP contribution >= 0.6 is 15.6 Å². The Balaban J connectivity index is 0.00000507. The van der Waals surface area contributed by atoms with Gasteiger partial charge < -0.3 is 59.2 Å². The third kappa shape index (κ3) is 10.2. The van der Waals surface area contributed by atoms with Gasteiger partial charge in [-0.15, -0.1) is 0 Å². The van der Waals surface area contributed by atoms with Gasteiger partial charge in [-0.2, -0.15) is 0 Å². The van der Waals surface area contributed by atoms with Crippen LogP contribution < -0.4 is 109 Å². The normalized spacial score (nSPS) is 37.1. The fourth-order valence-electron chi connectivity index (χ4n) is 3.53. The fraction of sp³-hybridized carbons (Fsp3) is 0.800. The van der Waals surface area contributed by atoms with E-state index < -0.39 is 95.4 Å². The number of hydrogen-bond acceptors (Lipinski definition) is 18.